The topological polar surface area (TPSA) is 73.2 Å². The van der Waals surface area contributed by atoms with Gasteiger partial charge in [-0.25, -0.2) is 4.79 Å². The molecule has 0 aliphatic heterocycles. The molecule has 1 aliphatic carbocycles. The Bertz CT molecular complexity index is 881. The minimum Gasteiger partial charge on any atom is -0.444 e. The number of alkyl carbamates (subject to hydrolysis) is 1. The number of ether oxygens (including phenoxy) is 1. The van der Waals surface area contributed by atoms with Crippen LogP contribution in [0, 0.1) is 0 Å². The molecule has 1 aliphatic rings. The first-order valence-electron chi connectivity index (χ1n) is 8.00. The Balaban J connectivity index is 1.95. The van der Waals surface area contributed by atoms with E-state index in [-0.39, 0.29) is 5.91 Å². The van der Waals surface area contributed by atoms with Gasteiger partial charge in [0.1, 0.15) is 11.1 Å². The number of benzene rings is 1. The number of carbonyl (C=O) groups is 2. The second-order valence-corrected chi connectivity index (χ2v) is 7.58. The normalized spacial score (nSPS) is 20.2. The number of hydrogen-bond donors (Lipinski definition) is 1. The van der Waals surface area contributed by atoms with E-state index in [2.05, 4.69) is 17.0 Å². The Labute approximate surface area is 150 Å². The van der Waals surface area contributed by atoms with Crippen molar-refractivity contribution in [2.75, 3.05) is 0 Å². The molecule has 1 heterocycles. The summed E-state index contributed by atoms with van der Waals surface area (Å²) in [6.07, 6.45) is 1.99. The summed E-state index contributed by atoms with van der Waals surface area (Å²) in [5.41, 5.74) is -0.647. The summed E-state index contributed by atoms with van der Waals surface area (Å²) in [4.78, 5) is 25.4. The highest BCUT2D eigenvalue weighted by Gasteiger charge is 2.51. The Hall–Kier alpha value is -2.34. The van der Waals surface area contributed by atoms with Crippen molar-refractivity contribution in [3.05, 3.63) is 41.6 Å². The molecule has 2 aromatic rings. The fraction of sp³-hybridized carbons (Fsp3) is 0.389. The molecule has 132 valence electrons. The monoisotopic (exact) mass is 361 g/mol. The van der Waals surface area contributed by atoms with Crippen LogP contribution in [-0.2, 0) is 4.74 Å². The minimum atomic E-state index is -1.20. The molecule has 3 rings (SSSR count). The highest BCUT2D eigenvalue weighted by atomic mass is 35.5. The summed E-state index contributed by atoms with van der Waals surface area (Å²) < 4.78 is 6.56. The van der Waals surface area contributed by atoms with Crippen molar-refractivity contribution in [3.8, 4) is 0 Å². The predicted molar refractivity (Wildman–Crippen MR) is 95.8 cm³/mol. The lowest BCUT2D eigenvalue weighted by atomic mass is 9.71. The van der Waals surface area contributed by atoms with Gasteiger partial charge in [-0.15, -0.1) is 0 Å². The molecule has 1 aromatic heterocycles. The molecular formula is C18H20ClN3O3. The summed E-state index contributed by atoms with van der Waals surface area (Å²) in [6.45, 7) is 9.22. The summed E-state index contributed by atoms with van der Waals surface area (Å²) in [6, 6.07) is 5.24. The number of hydrogen-bond acceptors (Lipinski definition) is 4. The molecule has 0 spiro atoms. The quantitative estimate of drug-likeness (QED) is 0.822. The van der Waals surface area contributed by atoms with E-state index in [0.29, 0.717) is 34.3 Å². The Morgan fingerprint density at radius 3 is 2.68 bits per heavy atom. The Morgan fingerprint density at radius 1 is 1.40 bits per heavy atom. The highest BCUT2D eigenvalue weighted by Crippen LogP contribution is 2.39. The maximum Gasteiger partial charge on any atom is 0.408 e. The zero-order chi connectivity index (χ0) is 18.4. The van der Waals surface area contributed by atoms with Gasteiger partial charge >= 0.3 is 6.09 Å². The van der Waals surface area contributed by atoms with Crippen LogP contribution >= 0.6 is 11.6 Å². The molecule has 1 amide bonds. The van der Waals surface area contributed by atoms with Crippen molar-refractivity contribution in [1.29, 1.82) is 0 Å². The number of nitrogens with zero attached hydrogens (tertiary/aromatic N) is 2. The molecule has 0 radical (unpaired) electrons. The van der Waals surface area contributed by atoms with Gasteiger partial charge in [0.2, 0.25) is 0 Å². The second-order valence-electron chi connectivity index (χ2n) is 7.17. The predicted octanol–water partition coefficient (Wildman–Crippen LogP) is 3.94. The molecule has 1 N–H and O–H groups in total. The fourth-order valence-electron chi connectivity index (χ4n) is 2.85. The van der Waals surface area contributed by atoms with Crippen LogP contribution in [-0.4, -0.2) is 32.9 Å². The van der Waals surface area contributed by atoms with Gasteiger partial charge in [-0.1, -0.05) is 24.2 Å². The SMILES string of the molecule is C=C1CCC1(NC(=O)OC(C)(C)C)C(=O)n1ncc2c(Cl)cccc21. The van der Waals surface area contributed by atoms with Crippen LogP contribution in [0.1, 0.15) is 38.4 Å². The maximum absolute atomic E-state index is 13.2. The number of amides is 1. The summed E-state index contributed by atoms with van der Waals surface area (Å²) in [5.74, 6) is -0.369. The van der Waals surface area contributed by atoms with E-state index in [1.165, 1.54) is 10.9 Å². The molecule has 25 heavy (non-hydrogen) atoms. The molecule has 6 nitrogen and oxygen atoms in total. The highest BCUT2D eigenvalue weighted by molar-refractivity contribution is 6.35. The van der Waals surface area contributed by atoms with Crippen molar-refractivity contribution in [1.82, 2.24) is 15.1 Å². The first-order valence-corrected chi connectivity index (χ1v) is 8.38. The largest absolute Gasteiger partial charge is 0.444 e. The zero-order valence-electron chi connectivity index (χ0n) is 14.4. The number of nitrogens with one attached hydrogen (secondary N) is 1. The third kappa shape index (κ3) is 3.02. The Kier molecular flexibility index (Phi) is 4.11. The van der Waals surface area contributed by atoms with Gasteiger partial charge in [0.15, 0.2) is 0 Å². The lowest BCUT2D eigenvalue weighted by Gasteiger charge is -2.42. The van der Waals surface area contributed by atoms with Crippen molar-refractivity contribution in [2.45, 2.75) is 44.8 Å². The molecule has 7 heteroatoms. The van der Waals surface area contributed by atoms with Gasteiger partial charge in [-0.05, 0) is 51.3 Å². The standard InChI is InChI=1S/C18H20ClN3O3/c1-11-8-9-18(11,21-16(24)25-17(2,3)4)15(23)22-14-7-5-6-13(19)12(14)10-20-22/h5-7,10H,1,8-9H2,2-4H3,(H,21,24). The van der Waals surface area contributed by atoms with Gasteiger partial charge in [-0.3, -0.25) is 4.79 Å². The van der Waals surface area contributed by atoms with Gasteiger partial charge in [0, 0.05) is 5.39 Å². The van der Waals surface area contributed by atoms with E-state index in [1.807, 2.05) is 0 Å². The molecule has 1 saturated carbocycles. The Morgan fingerprint density at radius 2 is 2.12 bits per heavy atom. The van der Waals surface area contributed by atoms with E-state index in [1.54, 1.807) is 39.0 Å². The van der Waals surface area contributed by atoms with E-state index < -0.39 is 17.2 Å². The van der Waals surface area contributed by atoms with Crippen LogP contribution in [0.3, 0.4) is 0 Å². The van der Waals surface area contributed by atoms with E-state index >= 15 is 0 Å². The minimum absolute atomic E-state index is 0.369. The number of aromatic nitrogens is 2. The fourth-order valence-corrected chi connectivity index (χ4v) is 3.07. The molecule has 1 aromatic carbocycles. The molecule has 1 atom stereocenters. The van der Waals surface area contributed by atoms with Gasteiger partial charge in [0.25, 0.3) is 5.91 Å². The third-order valence-electron chi connectivity index (χ3n) is 4.24. The maximum atomic E-state index is 13.2. The van der Waals surface area contributed by atoms with E-state index in [9.17, 15) is 9.59 Å². The summed E-state index contributed by atoms with van der Waals surface area (Å²) in [5, 5.41) is 8.06. The third-order valence-corrected chi connectivity index (χ3v) is 4.57. The smallest absolute Gasteiger partial charge is 0.408 e. The number of rotatable bonds is 2. The lowest BCUT2D eigenvalue weighted by molar-refractivity contribution is 0.0398. The van der Waals surface area contributed by atoms with Gasteiger partial charge in [0.05, 0.1) is 16.7 Å². The van der Waals surface area contributed by atoms with Crippen LogP contribution in [0.15, 0.2) is 36.5 Å². The van der Waals surface area contributed by atoms with Crippen molar-refractivity contribution in [2.24, 2.45) is 0 Å². The average molecular weight is 362 g/mol. The molecule has 1 fully saturated rings. The number of carbonyl (C=O) groups excluding carboxylic acids is 2. The van der Waals surface area contributed by atoms with Crippen LogP contribution in [0.5, 0.6) is 0 Å². The van der Waals surface area contributed by atoms with Crippen LogP contribution in [0.4, 0.5) is 4.79 Å². The van der Waals surface area contributed by atoms with E-state index in [0.717, 1.165) is 0 Å². The average Bonchev–Trinajstić information content (AvgIpc) is 2.94. The number of fused-ring (bicyclic) bond motifs is 1. The molecular weight excluding hydrogens is 342 g/mol. The van der Waals surface area contributed by atoms with Gasteiger partial charge < -0.3 is 10.1 Å². The van der Waals surface area contributed by atoms with Crippen LogP contribution in [0.25, 0.3) is 10.9 Å². The van der Waals surface area contributed by atoms with Crippen molar-refractivity contribution in [3.63, 3.8) is 0 Å². The van der Waals surface area contributed by atoms with Crippen molar-refractivity contribution < 1.29 is 14.3 Å². The first-order chi connectivity index (χ1) is 11.6. The lowest BCUT2D eigenvalue weighted by Crippen LogP contribution is -2.62. The van der Waals surface area contributed by atoms with E-state index in [4.69, 9.17) is 16.3 Å². The molecule has 0 bridgehead atoms. The summed E-state index contributed by atoms with van der Waals surface area (Å²) in [7, 11) is 0. The summed E-state index contributed by atoms with van der Waals surface area (Å²) >= 11 is 6.15. The molecule has 0 saturated heterocycles. The second kappa shape index (κ2) is 5.88. The van der Waals surface area contributed by atoms with Gasteiger partial charge in [-0.2, -0.15) is 9.78 Å². The first kappa shape index (κ1) is 17.5. The molecule has 1 unspecified atom stereocenters. The van der Waals surface area contributed by atoms with Crippen molar-refractivity contribution >= 4 is 34.5 Å². The van der Waals surface area contributed by atoms with Crippen LogP contribution < -0.4 is 5.32 Å². The number of halogens is 1. The zero-order valence-corrected chi connectivity index (χ0v) is 15.2. The van der Waals surface area contributed by atoms with Crippen LogP contribution in [0.2, 0.25) is 5.02 Å².